The van der Waals surface area contributed by atoms with E-state index in [4.69, 9.17) is 4.74 Å². The lowest BCUT2D eigenvalue weighted by Gasteiger charge is -2.24. The highest BCUT2D eigenvalue weighted by molar-refractivity contribution is 5.77. The molecule has 6 heteroatoms. The van der Waals surface area contributed by atoms with Gasteiger partial charge in [0.1, 0.15) is 6.10 Å². The Balaban J connectivity index is 4.60. The number of hydrogen-bond donors (Lipinski definition) is 3. The van der Waals surface area contributed by atoms with Crippen LogP contribution >= 0.6 is 0 Å². The molecule has 0 bridgehead atoms. The van der Waals surface area contributed by atoms with Crippen LogP contribution in [0.3, 0.4) is 0 Å². The van der Waals surface area contributed by atoms with E-state index in [1.54, 1.807) is 0 Å². The number of amides is 1. The Morgan fingerprint density at radius 2 is 0.761 bits per heavy atom. The summed E-state index contributed by atoms with van der Waals surface area (Å²) in [6.45, 7) is 6.47. The standard InChI is InChI=1S/C61H113NO5/c1-4-7-10-13-16-19-22-25-28-30-32-34-37-40-43-46-49-52-57(67-61(66)54-51-48-45-42-39-36-33-31-29-26-23-20-17-14-11-8-5-2)55-60(65)62-58(56-63)59(64)53-50-47-44-41-38-35-27-24-21-18-15-12-9-6-3/h16,19,25-26,28-29,32,34,57-59,63-64H,4-15,17-18,20-24,27,30-31,33,35-56H2,1-3H3,(H,62,65)/b19-16-,28-25-,29-26+,34-32-. The van der Waals surface area contributed by atoms with Crippen molar-refractivity contribution >= 4 is 11.9 Å². The van der Waals surface area contributed by atoms with Crippen LogP contribution in [0.25, 0.3) is 0 Å². The number of carbonyl (C=O) groups excluding carboxylic acids is 2. The minimum absolute atomic E-state index is 0.0625. The van der Waals surface area contributed by atoms with E-state index in [9.17, 15) is 19.8 Å². The van der Waals surface area contributed by atoms with E-state index in [1.165, 1.54) is 173 Å². The average Bonchev–Trinajstić information content (AvgIpc) is 3.32. The van der Waals surface area contributed by atoms with Crippen LogP contribution in [-0.4, -0.2) is 46.9 Å². The maximum Gasteiger partial charge on any atom is 0.306 e. The summed E-state index contributed by atoms with van der Waals surface area (Å²) in [7, 11) is 0. The van der Waals surface area contributed by atoms with Crippen molar-refractivity contribution in [3.8, 4) is 0 Å². The summed E-state index contributed by atoms with van der Waals surface area (Å²) >= 11 is 0. The molecule has 0 fully saturated rings. The smallest absolute Gasteiger partial charge is 0.306 e. The molecule has 1 amide bonds. The molecule has 0 spiro atoms. The van der Waals surface area contributed by atoms with Gasteiger partial charge in [-0.05, 0) is 89.9 Å². The first-order valence-electron chi connectivity index (χ1n) is 29.4. The van der Waals surface area contributed by atoms with Gasteiger partial charge >= 0.3 is 5.97 Å². The molecule has 0 aromatic heterocycles. The molecule has 3 N–H and O–H groups in total. The van der Waals surface area contributed by atoms with Crippen LogP contribution in [0, 0.1) is 0 Å². The number of allylic oxidation sites excluding steroid dienone is 8. The molecular weight excluding hydrogens is 827 g/mol. The number of ether oxygens (including phenoxy) is 1. The molecule has 0 heterocycles. The van der Waals surface area contributed by atoms with Gasteiger partial charge in [0.15, 0.2) is 0 Å². The van der Waals surface area contributed by atoms with Gasteiger partial charge in [-0.3, -0.25) is 9.59 Å². The second-order valence-electron chi connectivity index (χ2n) is 20.0. The summed E-state index contributed by atoms with van der Waals surface area (Å²) in [5.74, 6) is -0.489. The number of aliphatic hydroxyl groups excluding tert-OH is 2. The molecule has 3 atom stereocenters. The Morgan fingerprint density at radius 1 is 0.433 bits per heavy atom. The Labute approximate surface area is 416 Å². The molecule has 0 aliphatic carbocycles. The summed E-state index contributed by atoms with van der Waals surface area (Å²) in [5.41, 5.74) is 0. The third-order valence-corrected chi connectivity index (χ3v) is 13.4. The fourth-order valence-corrected chi connectivity index (χ4v) is 8.90. The summed E-state index contributed by atoms with van der Waals surface area (Å²) < 4.78 is 5.96. The minimum Gasteiger partial charge on any atom is -0.462 e. The normalized spacial score (nSPS) is 13.4. The molecule has 3 unspecified atom stereocenters. The lowest BCUT2D eigenvalue weighted by atomic mass is 10.0. The Morgan fingerprint density at radius 3 is 1.19 bits per heavy atom. The van der Waals surface area contributed by atoms with Crippen molar-refractivity contribution in [2.45, 2.75) is 322 Å². The molecule has 0 aromatic rings. The van der Waals surface area contributed by atoms with Gasteiger partial charge in [-0.25, -0.2) is 0 Å². The van der Waals surface area contributed by atoms with Crippen molar-refractivity contribution in [1.29, 1.82) is 0 Å². The van der Waals surface area contributed by atoms with Gasteiger partial charge in [-0.1, -0.05) is 249 Å². The van der Waals surface area contributed by atoms with E-state index in [1.807, 2.05) is 0 Å². The molecular formula is C61H113NO5. The van der Waals surface area contributed by atoms with E-state index in [2.05, 4.69) is 74.7 Å². The van der Waals surface area contributed by atoms with Gasteiger partial charge in [-0.2, -0.15) is 0 Å². The molecule has 0 aromatic carbocycles. The zero-order valence-corrected chi connectivity index (χ0v) is 44.8. The van der Waals surface area contributed by atoms with Crippen molar-refractivity contribution in [3.05, 3.63) is 48.6 Å². The van der Waals surface area contributed by atoms with Crippen LogP contribution in [0.1, 0.15) is 303 Å². The third kappa shape index (κ3) is 50.0. The summed E-state index contributed by atoms with van der Waals surface area (Å²) in [6, 6.07) is -0.710. The molecule has 0 saturated heterocycles. The Hall–Kier alpha value is -2.18. The van der Waals surface area contributed by atoms with Gasteiger partial charge in [-0.15, -0.1) is 0 Å². The number of carbonyl (C=O) groups is 2. The number of aliphatic hydroxyl groups is 2. The summed E-state index contributed by atoms with van der Waals surface area (Å²) in [5, 5.41) is 23.9. The highest BCUT2D eigenvalue weighted by atomic mass is 16.5. The Kier molecular flexibility index (Phi) is 53.0. The average molecular weight is 941 g/mol. The molecule has 392 valence electrons. The predicted octanol–water partition coefficient (Wildman–Crippen LogP) is 18.2. The minimum atomic E-state index is -0.795. The van der Waals surface area contributed by atoms with Crippen molar-refractivity contribution in [2.75, 3.05) is 6.61 Å². The quantitative estimate of drug-likeness (QED) is 0.0321. The number of unbranched alkanes of at least 4 members (excludes halogenated alkanes) is 33. The third-order valence-electron chi connectivity index (χ3n) is 13.4. The molecule has 0 rings (SSSR count). The van der Waals surface area contributed by atoms with Crippen LogP contribution in [0.5, 0.6) is 0 Å². The zero-order chi connectivity index (χ0) is 48.8. The summed E-state index contributed by atoms with van der Waals surface area (Å²) in [4.78, 5) is 26.3. The van der Waals surface area contributed by atoms with Gasteiger partial charge in [0, 0.05) is 6.42 Å². The SMILES string of the molecule is CCCCC/C=C\C/C=C\C/C=C\CCCCCCC(CC(=O)NC(CO)C(O)CCCCCCCCCCCCCCCC)OC(=O)CCCCCCCCC/C=C/CCCCCCCC. The van der Waals surface area contributed by atoms with Crippen LogP contribution < -0.4 is 5.32 Å². The van der Waals surface area contributed by atoms with E-state index >= 15 is 0 Å². The highest BCUT2D eigenvalue weighted by Gasteiger charge is 2.24. The van der Waals surface area contributed by atoms with Crippen LogP contribution in [0.15, 0.2) is 48.6 Å². The van der Waals surface area contributed by atoms with Gasteiger partial charge < -0.3 is 20.3 Å². The fourth-order valence-electron chi connectivity index (χ4n) is 8.90. The lowest BCUT2D eigenvalue weighted by molar-refractivity contribution is -0.151. The number of hydrogen-bond acceptors (Lipinski definition) is 5. The monoisotopic (exact) mass is 940 g/mol. The Bertz CT molecular complexity index is 1150. The molecule has 0 aliphatic rings. The molecule has 0 radical (unpaired) electrons. The number of rotatable bonds is 53. The maximum absolute atomic E-state index is 13.3. The van der Waals surface area contributed by atoms with Gasteiger partial charge in [0.05, 0.1) is 25.2 Å². The first kappa shape index (κ1) is 64.8. The van der Waals surface area contributed by atoms with Crippen LogP contribution in [0.2, 0.25) is 0 Å². The van der Waals surface area contributed by atoms with Crippen molar-refractivity contribution in [2.24, 2.45) is 0 Å². The molecule has 6 nitrogen and oxygen atoms in total. The van der Waals surface area contributed by atoms with Crippen LogP contribution in [-0.2, 0) is 14.3 Å². The van der Waals surface area contributed by atoms with Crippen molar-refractivity contribution in [3.63, 3.8) is 0 Å². The largest absolute Gasteiger partial charge is 0.462 e. The van der Waals surface area contributed by atoms with Gasteiger partial charge in [0.2, 0.25) is 5.91 Å². The van der Waals surface area contributed by atoms with E-state index in [0.29, 0.717) is 19.3 Å². The number of nitrogens with one attached hydrogen (secondary N) is 1. The first-order chi connectivity index (χ1) is 33.0. The number of esters is 1. The zero-order valence-electron chi connectivity index (χ0n) is 44.8. The topological polar surface area (TPSA) is 95.9 Å². The second-order valence-corrected chi connectivity index (χ2v) is 20.0. The highest BCUT2D eigenvalue weighted by Crippen LogP contribution is 2.18. The summed E-state index contributed by atoms with van der Waals surface area (Å²) in [6.07, 6.45) is 67.4. The second kappa shape index (κ2) is 54.8. The lowest BCUT2D eigenvalue weighted by Crippen LogP contribution is -2.46. The molecule has 67 heavy (non-hydrogen) atoms. The van der Waals surface area contributed by atoms with E-state index < -0.39 is 18.2 Å². The van der Waals surface area contributed by atoms with Crippen molar-refractivity contribution < 1.29 is 24.5 Å². The van der Waals surface area contributed by atoms with Crippen LogP contribution in [0.4, 0.5) is 0 Å². The molecule has 0 aliphatic heterocycles. The molecule has 0 saturated carbocycles. The first-order valence-corrected chi connectivity index (χ1v) is 29.4. The van der Waals surface area contributed by atoms with Crippen molar-refractivity contribution in [1.82, 2.24) is 5.32 Å². The maximum atomic E-state index is 13.3. The van der Waals surface area contributed by atoms with Gasteiger partial charge in [0.25, 0.3) is 0 Å². The van der Waals surface area contributed by atoms with E-state index in [0.717, 1.165) is 83.5 Å². The van der Waals surface area contributed by atoms with E-state index in [-0.39, 0.29) is 24.9 Å². The fraction of sp³-hybridized carbons (Fsp3) is 0.836. The predicted molar refractivity (Wildman–Crippen MR) is 292 cm³/mol.